The lowest BCUT2D eigenvalue weighted by Crippen LogP contribution is -2.17. The van der Waals surface area contributed by atoms with Crippen LogP contribution in [0.2, 0.25) is 0 Å². The lowest BCUT2D eigenvalue weighted by atomic mass is 9.92. The number of phenols is 1. The summed E-state index contributed by atoms with van der Waals surface area (Å²) in [7, 11) is 0. The Bertz CT molecular complexity index is 1210. The van der Waals surface area contributed by atoms with E-state index in [4.69, 9.17) is 5.10 Å². The quantitative estimate of drug-likeness (QED) is 0.433. The maximum atomic E-state index is 12.8. The molecule has 0 fully saturated rings. The van der Waals surface area contributed by atoms with Crippen molar-refractivity contribution in [2.45, 2.75) is 31.3 Å². The van der Waals surface area contributed by atoms with Crippen LogP contribution in [0, 0.1) is 0 Å². The van der Waals surface area contributed by atoms with Gasteiger partial charge in [-0.2, -0.15) is 9.78 Å². The highest BCUT2D eigenvalue weighted by molar-refractivity contribution is 7.99. The molecule has 164 valence electrons. The molecule has 0 aliphatic heterocycles. The molecule has 4 aromatic rings. The van der Waals surface area contributed by atoms with Gasteiger partial charge in [-0.15, -0.1) is 5.10 Å². The minimum absolute atomic E-state index is 0.114. The molecule has 2 aromatic carbocycles. The second kappa shape index (κ2) is 8.83. The van der Waals surface area contributed by atoms with E-state index in [-0.39, 0.29) is 22.8 Å². The Hall–Kier alpha value is -3.66. The zero-order valence-electron chi connectivity index (χ0n) is 17.9. The van der Waals surface area contributed by atoms with Gasteiger partial charge in [-0.3, -0.25) is 4.79 Å². The number of hydrogen-bond acceptors (Lipinski definition) is 7. The van der Waals surface area contributed by atoms with Gasteiger partial charge in [0.25, 0.3) is 0 Å². The first kappa shape index (κ1) is 21.6. The number of tetrazole rings is 1. The van der Waals surface area contributed by atoms with Crippen LogP contribution in [0.4, 0.5) is 5.82 Å². The van der Waals surface area contributed by atoms with Crippen molar-refractivity contribution >= 4 is 23.5 Å². The van der Waals surface area contributed by atoms with E-state index in [0.717, 1.165) is 11.4 Å². The molecule has 0 radical (unpaired) electrons. The molecule has 0 spiro atoms. The van der Waals surface area contributed by atoms with Gasteiger partial charge >= 0.3 is 0 Å². The second-order valence-electron chi connectivity index (χ2n) is 8.14. The highest BCUT2D eigenvalue weighted by Crippen LogP contribution is 2.27. The first-order valence-corrected chi connectivity index (χ1v) is 11.0. The van der Waals surface area contributed by atoms with Crippen molar-refractivity contribution < 1.29 is 9.90 Å². The van der Waals surface area contributed by atoms with Crippen molar-refractivity contribution in [3.05, 3.63) is 66.4 Å². The standard InChI is InChI=1S/C22H23N7O2S/c1-22(2,3)18-13-19(28(25-18)15-7-5-4-6-8-15)23-20(31)14-32-21-24-26-27-29(21)16-9-11-17(30)12-10-16/h4-13,30H,14H2,1-3H3,(H,23,31). The molecule has 10 heteroatoms. The number of para-hydroxylation sites is 1. The number of anilines is 1. The Labute approximate surface area is 189 Å². The van der Waals surface area contributed by atoms with Crippen molar-refractivity contribution in [2.75, 3.05) is 11.1 Å². The number of aromatic hydroxyl groups is 1. The van der Waals surface area contributed by atoms with Gasteiger partial charge in [0, 0.05) is 11.5 Å². The van der Waals surface area contributed by atoms with Gasteiger partial charge in [-0.25, -0.2) is 4.68 Å². The first-order chi connectivity index (χ1) is 15.3. The van der Waals surface area contributed by atoms with E-state index >= 15 is 0 Å². The number of amides is 1. The maximum Gasteiger partial charge on any atom is 0.236 e. The first-order valence-electron chi connectivity index (χ1n) is 9.98. The van der Waals surface area contributed by atoms with E-state index in [9.17, 15) is 9.90 Å². The van der Waals surface area contributed by atoms with Gasteiger partial charge in [0.05, 0.1) is 22.8 Å². The Balaban J connectivity index is 1.50. The Kier molecular flexibility index (Phi) is 5.95. The van der Waals surface area contributed by atoms with Crippen LogP contribution in [-0.2, 0) is 10.2 Å². The third-order valence-electron chi connectivity index (χ3n) is 4.61. The van der Waals surface area contributed by atoms with E-state index in [0.29, 0.717) is 16.7 Å². The van der Waals surface area contributed by atoms with Gasteiger partial charge in [-0.05, 0) is 46.8 Å². The fourth-order valence-corrected chi connectivity index (χ4v) is 3.63. The van der Waals surface area contributed by atoms with Crippen LogP contribution >= 0.6 is 11.8 Å². The van der Waals surface area contributed by atoms with Crippen LogP contribution in [0.25, 0.3) is 11.4 Å². The molecule has 0 bridgehead atoms. The van der Waals surface area contributed by atoms with E-state index < -0.39 is 0 Å². The normalized spacial score (nSPS) is 11.5. The van der Waals surface area contributed by atoms with Crippen LogP contribution in [0.5, 0.6) is 5.75 Å². The molecule has 2 N–H and O–H groups in total. The third-order valence-corrected chi connectivity index (χ3v) is 5.53. The summed E-state index contributed by atoms with van der Waals surface area (Å²) in [5, 5.41) is 29.3. The van der Waals surface area contributed by atoms with Gasteiger partial charge in [-0.1, -0.05) is 50.7 Å². The molecule has 0 aliphatic rings. The molecule has 32 heavy (non-hydrogen) atoms. The Morgan fingerprint density at radius 3 is 2.41 bits per heavy atom. The predicted octanol–water partition coefficient (Wildman–Crippen LogP) is 3.58. The number of benzene rings is 2. The van der Waals surface area contributed by atoms with Crippen molar-refractivity contribution in [1.29, 1.82) is 0 Å². The van der Waals surface area contributed by atoms with E-state index in [1.807, 2.05) is 36.4 Å². The summed E-state index contributed by atoms with van der Waals surface area (Å²) in [6, 6.07) is 18.1. The number of nitrogens with zero attached hydrogens (tertiary/aromatic N) is 6. The van der Waals surface area contributed by atoms with Gasteiger partial charge in [0.2, 0.25) is 11.1 Å². The monoisotopic (exact) mass is 449 g/mol. The zero-order valence-corrected chi connectivity index (χ0v) is 18.7. The van der Waals surface area contributed by atoms with Gasteiger partial charge in [0.15, 0.2) is 0 Å². The van der Waals surface area contributed by atoms with Gasteiger partial charge < -0.3 is 10.4 Å². The highest BCUT2D eigenvalue weighted by Gasteiger charge is 2.22. The molecule has 9 nitrogen and oxygen atoms in total. The number of hydrogen-bond donors (Lipinski definition) is 2. The van der Waals surface area contributed by atoms with Crippen LogP contribution in [0.1, 0.15) is 26.5 Å². The predicted molar refractivity (Wildman–Crippen MR) is 122 cm³/mol. The van der Waals surface area contributed by atoms with Crippen molar-refractivity contribution in [3.63, 3.8) is 0 Å². The van der Waals surface area contributed by atoms with E-state index in [1.54, 1.807) is 28.9 Å². The minimum Gasteiger partial charge on any atom is -0.508 e. The molecule has 4 rings (SSSR count). The molecule has 0 saturated carbocycles. The molecular formula is C22H23N7O2S. The number of aromatic nitrogens is 6. The topological polar surface area (TPSA) is 111 Å². The molecule has 0 unspecified atom stereocenters. The highest BCUT2D eigenvalue weighted by atomic mass is 32.2. The largest absolute Gasteiger partial charge is 0.508 e. The van der Waals surface area contributed by atoms with E-state index in [2.05, 4.69) is 41.6 Å². The summed E-state index contributed by atoms with van der Waals surface area (Å²) in [6.07, 6.45) is 0. The summed E-state index contributed by atoms with van der Waals surface area (Å²) < 4.78 is 3.26. The Morgan fingerprint density at radius 2 is 1.72 bits per heavy atom. The fourth-order valence-electron chi connectivity index (χ4n) is 2.94. The molecular weight excluding hydrogens is 426 g/mol. The molecule has 1 amide bonds. The minimum atomic E-state index is -0.201. The lowest BCUT2D eigenvalue weighted by molar-refractivity contribution is -0.113. The number of thioether (sulfide) groups is 1. The molecule has 2 aromatic heterocycles. The van der Waals surface area contributed by atoms with Crippen LogP contribution in [0.3, 0.4) is 0 Å². The van der Waals surface area contributed by atoms with Crippen LogP contribution in [-0.4, -0.2) is 46.8 Å². The summed E-state index contributed by atoms with van der Waals surface area (Å²) in [6.45, 7) is 6.24. The number of rotatable bonds is 6. The number of carbonyl (C=O) groups excluding carboxylic acids is 1. The zero-order chi connectivity index (χ0) is 22.7. The lowest BCUT2D eigenvalue weighted by Gasteiger charge is -2.14. The number of carbonyl (C=O) groups is 1. The number of nitrogens with one attached hydrogen (secondary N) is 1. The smallest absolute Gasteiger partial charge is 0.236 e. The summed E-state index contributed by atoms with van der Waals surface area (Å²) in [4.78, 5) is 12.8. The SMILES string of the molecule is CC(C)(C)c1cc(NC(=O)CSc2nnnn2-c2ccc(O)cc2)n(-c2ccccc2)n1. The number of phenolic OH excluding ortho intramolecular Hbond substituents is 1. The fraction of sp³-hybridized carbons (Fsp3) is 0.227. The van der Waals surface area contributed by atoms with Crippen LogP contribution < -0.4 is 5.32 Å². The molecule has 0 saturated heterocycles. The average Bonchev–Trinajstić information content (AvgIpc) is 3.40. The molecule has 0 aliphatic carbocycles. The molecule has 2 heterocycles. The van der Waals surface area contributed by atoms with Gasteiger partial charge in [0.1, 0.15) is 11.6 Å². The van der Waals surface area contributed by atoms with Crippen molar-refractivity contribution in [1.82, 2.24) is 30.0 Å². The van der Waals surface area contributed by atoms with E-state index in [1.165, 1.54) is 16.4 Å². The van der Waals surface area contributed by atoms with Crippen LogP contribution in [0.15, 0.2) is 65.8 Å². The summed E-state index contributed by atoms with van der Waals surface area (Å²) in [5.74, 6) is 0.668. The summed E-state index contributed by atoms with van der Waals surface area (Å²) >= 11 is 1.22. The maximum absolute atomic E-state index is 12.8. The molecule has 0 atom stereocenters. The Morgan fingerprint density at radius 1 is 1.03 bits per heavy atom. The third kappa shape index (κ3) is 4.80. The van der Waals surface area contributed by atoms with Crippen molar-refractivity contribution in [3.8, 4) is 17.1 Å². The second-order valence-corrected chi connectivity index (χ2v) is 9.08. The average molecular weight is 450 g/mol. The van der Waals surface area contributed by atoms with Crippen molar-refractivity contribution in [2.24, 2.45) is 0 Å². The summed E-state index contributed by atoms with van der Waals surface area (Å²) in [5.41, 5.74) is 2.26.